The monoisotopic (exact) mass is 228 g/mol. The number of fused-ring (bicyclic) bond motifs is 1. The summed E-state index contributed by atoms with van der Waals surface area (Å²) in [4.78, 5) is 6.70. The van der Waals surface area contributed by atoms with Crippen molar-refractivity contribution in [1.29, 1.82) is 5.26 Å². The maximum atomic E-state index is 8.88. The van der Waals surface area contributed by atoms with Crippen molar-refractivity contribution < 1.29 is 0 Å². The van der Waals surface area contributed by atoms with E-state index in [1.807, 2.05) is 32.3 Å². The lowest BCUT2D eigenvalue weighted by Gasteiger charge is -2.10. The molecule has 0 spiro atoms. The molecule has 2 rings (SSSR count). The zero-order valence-electron chi connectivity index (χ0n) is 10.4. The predicted molar refractivity (Wildman–Crippen MR) is 67.5 cm³/mol. The number of hydrogen-bond acceptors (Lipinski definition) is 3. The number of nitriles is 1. The average molecular weight is 228 g/mol. The molecule has 0 unspecified atom stereocenters. The van der Waals surface area contributed by atoms with E-state index in [1.54, 1.807) is 0 Å². The van der Waals surface area contributed by atoms with Crippen LogP contribution >= 0.6 is 0 Å². The van der Waals surface area contributed by atoms with Gasteiger partial charge in [0.2, 0.25) is 0 Å². The maximum Gasteiger partial charge on any atom is 0.124 e. The number of benzene rings is 1. The van der Waals surface area contributed by atoms with Crippen LogP contribution in [0.25, 0.3) is 11.0 Å². The molecular weight excluding hydrogens is 212 g/mol. The highest BCUT2D eigenvalue weighted by molar-refractivity contribution is 5.77. The molecule has 17 heavy (non-hydrogen) atoms. The number of rotatable bonds is 3. The molecule has 1 aromatic carbocycles. The minimum Gasteiger partial charge on any atom is -0.327 e. The third-order valence-electron chi connectivity index (χ3n) is 2.73. The molecule has 0 aliphatic rings. The molecule has 0 radical (unpaired) electrons. The molecule has 1 heterocycles. The van der Waals surface area contributed by atoms with Gasteiger partial charge in [-0.05, 0) is 39.2 Å². The smallest absolute Gasteiger partial charge is 0.124 e. The second kappa shape index (κ2) is 4.56. The Labute approximate surface area is 101 Å². The third-order valence-corrected chi connectivity index (χ3v) is 2.73. The van der Waals surface area contributed by atoms with Gasteiger partial charge in [-0.1, -0.05) is 0 Å². The lowest BCUT2D eigenvalue weighted by atomic mass is 10.2. The van der Waals surface area contributed by atoms with E-state index < -0.39 is 0 Å². The van der Waals surface area contributed by atoms with Crippen LogP contribution in [0.5, 0.6) is 0 Å². The molecule has 0 aliphatic carbocycles. The maximum absolute atomic E-state index is 8.88. The van der Waals surface area contributed by atoms with Crippen molar-refractivity contribution >= 4 is 11.0 Å². The van der Waals surface area contributed by atoms with Gasteiger partial charge in [0, 0.05) is 6.54 Å². The molecule has 0 N–H and O–H groups in total. The molecule has 0 saturated carbocycles. The van der Waals surface area contributed by atoms with Crippen LogP contribution in [0, 0.1) is 11.3 Å². The van der Waals surface area contributed by atoms with E-state index in [0.29, 0.717) is 5.56 Å². The molecule has 2 aromatic rings. The van der Waals surface area contributed by atoms with E-state index >= 15 is 0 Å². The highest BCUT2D eigenvalue weighted by Crippen LogP contribution is 2.18. The summed E-state index contributed by atoms with van der Waals surface area (Å²) < 4.78 is 2.19. The molecular formula is C13H16N4. The Hall–Kier alpha value is -1.86. The minimum atomic E-state index is 0.662. The summed E-state index contributed by atoms with van der Waals surface area (Å²) in [6.45, 7) is 3.81. The topological polar surface area (TPSA) is 44.9 Å². The summed E-state index contributed by atoms with van der Waals surface area (Å²) in [7, 11) is 4.06. The first-order valence-corrected chi connectivity index (χ1v) is 5.69. The second-order valence-corrected chi connectivity index (χ2v) is 4.33. The van der Waals surface area contributed by atoms with Crippen LogP contribution < -0.4 is 0 Å². The Morgan fingerprint density at radius 1 is 1.41 bits per heavy atom. The summed E-state index contributed by atoms with van der Waals surface area (Å²) in [6.07, 6.45) is 0. The van der Waals surface area contributed by atoms with Crippen LogP contribution in [-0.2, 0) is 13.1 Å². The van der Waals surface area contributed by atoms with Crippen LogP contribution in [0.3, 0.4) is 0 Å². The first-order valence-electron chi connectivity index (χ1n) is 5.69. The number of aryl methyl sites for hydroxylation is 1. The number of imidazole rings is 1. The lowest BCUT2D eigenvalue weighted by molar-refractivity contribution is 0.383. The molecule has 1 aromatic heterocycles. The molecule has 0 fully saturated rings. The lowest BCUT2D eigenvalue weighted by Crippen LogP contribution is -2.15. The van der Waals surface area contributed by atoms with Gasteiger partial charge in [0.15, 0.2) is 0 Å². The van der Waals surface area contributed by atoms with Gasteiger partial charge in [0.1, 0.15) is 5.82 Å². The molecule has 0 amide bonds. The Morgan fingerprint density at radius 3 is 2.76 bits per heavy atom. The van der Waals surface area contributed by atoms with Gasteiger partial charge in [0.25, 0.3) is 0 Å². The van der Waals surface area contributed by atoms with Crippen molar-refractivity contribution in [3.05, 3.63) is 29.6 Å². The van der Waals surface area contributed by atoms with Crippen molar-refractivity contribution in [2.75, 3.05) is 14.1 Å². The minimum absolute atomic E-state index is 0.662. The van der Waals surface area contributed by atoms with Crippen LogP contribution in [-0.4, -0.2) is 28.5 Å². The molecule has 0 saturated heterocycles. The van der Waals surface area contributed by atoms with Crippen LogP contribution in [0.4, 0.5) is 0 Å². The van der Waals surface area contributed by atoms with E-state index in [-0.39, 0.29) is 0 Å². The standard InChI is InChI=1S/C13H16N4/c1-4-17-12-6-5-10(8-14)7-11(12)15-13(17)9-16(2)3/h5-7H,4,9H2,1-3H3. The molecule has 88 valence electrons. The van der Waals surface area contributed by atoms with E-state index in [0.717, 1.165) is 29.9 Å². The van der Waals surface area contributed by atoms with Gasteiger partial charge in [-0.15, -0.1) is 0 Å². The van der Waals surface area contributed by atoms with Gasteiger partial charge in [-0.3, -0.25) is 0 Å². The normalized spacial score (nSPS) is 11.0. The van der Waals surface area contributed by atoms with Crippen molar-refractivity contribution in [1.82, 2.24) is 14.5 Å². The quantitative estimate of drug-likeness (QED) is 0.807. The zero-order chi connectivity index (χ0) is 12.4. The van der Waals surface area contributed by atoms with Crippen LogP contribution in [0.2, 0.25) is 0 Å². The average Bonchev–Trinajstić information content (AvgIpc) is 2.63. The molecule has 0 bridgehead atoms. The Kier molecular flexibility index (Phi) is 3.12. The fourth-order valence-electron chi connectivity index (χ4n) is 2.01. The summed E-state index contributed by atoms with van der Waals surface area (Å²) >= 11 is 0. The van der Waals surface area contributed by atoms with Crippen molar-refractivity contribution in [3.63, 3.8) is 0 Å². The van der Waals surface area contributed by atoms with Gasteiger partial charge in [0.05, 0.1) is 29.2 Å². The van der Waals surface area contributed by atoms with E-state index in [9.17, 15) is 0 Å². The summed E-state index contributed by atoms with van der Waals surface area (Å²) in [5, 5.41) is 8.88. The molecule has 0 aliphatic heterocycles. The van der Waals surface area contributed by atoms with Gasteiger partial charge in [-0.25, -0.2) is 4.98 Å². The van der Waals surface area contributed by atoms with Crippen LogP contribution in [0.1, 0.15) is 18.3 Å². The highest BCUT2D eigenvalue weighted by Gasteiger charge is 2.10. The van der Waals surface area contributed by atoms with E-state index in [2.05, 4.69) is 27.4 Å². The molecule has 4 nitrogen and oxygen atoms in total. The van der Waals surface area contributed by atoms with E-state index in [4.69, 9.17) is 5.26 Å². The largest absolute Gasteiger partial charge is 0.327 e. The Morgan fingerprint density at radius 2 is 2.18 bits per heavy atom. The van der Waals surface area contributed by atoms with Crippen molar-refractivity contribution in [2.24, 2.45) is 0 Å². The first kappa shape index (κ1) is 11.6. The van der Waals surface area contributed by atoms with Crippen molar-refractivity contribution in [3.8, 4) is 6.07 Å². The summed E-state index contributed by atoms with van der Waals surface area (Å²) in [5.41, 5.74) is 2.67. The number of nitrogens with zero attached hydrogens (tertiary/aromatic N) is 4. The second-order valence-electron chi connectivity index (χ2n) is 4.33. The SMILES string of the molecule is CCn1c(CN(C)C)nc2cc(C#N)ccc21. The highest BCUT2D eigenvalue weighted by atomic mass is 15.1. The summed E-state index contributed by atoms with van der Waals surface area (Å²) in [5.74, 6) is 1.04. The third kappa shape index (κ3) is 2.15. The number of hydrogen-bond donors (Lipinski definition) is 0. The predicted octanol–water partition coefficient (Wildman–Crippen LogP) is 1.99. The van der Waals surface area contributed by atoms with Gasteiger partial charge in [-0.2, -0.15) is 5.26 Å². The number of aromatic nitrogens is 2. The Bertz CT molecular complexity index is 575. The summed E-state index contributed by atoms with van der Waals surface area (Å²) in [6, 6.07) is 7.81. The van der Waals surface area contributed by atoms with Crippen molar-refractivity contribution in [2.45, 2.75) is 20.0 Å². The van der Waals surface area contributed by atoms with Gasteiger partial charge < -0.3 is 9.47 Å². The Balaban J connectivity index is 2.58. The molecule has 4 heteroatoms. The fourth-order valence-corrected chi connectivity index (χ4v) is 2.01. The molecule has 0 atom stereocenters. The first-order chi connectivity index (χ1) is 8.15. The van der Waals surface area contributed by atoms with E-state index in [1.165, 1.54) is 0 Å². The fraction of sp³-hybridized carbons (Fsp3) is 0.385. The zero-order valence-corrected chi connectivity index (χ0v) is 10.4. The van der Waals surface area contributed by atoms with Crippen LogP contribution in [0.15, 0.2) is 18.2 Å². The van der Waals surface area contributed by atoms with Gasteiger partial charge >= 0.3 is 0 Å².